The molecule has 4 radical (unpaired) electrons. The van der Waals surface area contributed by atoms with Gasteiger partial charge in [0.25, 0.3) is 0 Å². The summed E-state index contributed by atoms with van der Waals surface area (Å²) in [5, 5.41) is 136. The number of hydrogen-bond acceptors (Lipinski definition) is 23. The molecule has 33 heteroatoms. The Balaban J connectivity index is -0.000000737. The van der Waals surface area contributed by atoms with Crippen molar-refractivity contribution in [3.8, 4) is 34.5 Å². The number of nitrogens with zero attached hydrogens (tertiary/aromatic N) is 11. The zero-order valence-corrected chi connectivity index (χ0v) is 82.4. The van der Waals surface area contributed by atoms with E-state index in [2.05, 4.69) is 30.0 Å². The van der Waals surface area contributed by atoms with Gasteiger partial charge in [-0.25, -0.2) is 0 Å². The number of para-hydroxylation sites is 6. The Morgan fingerprint density at radius 2 is 0.290 bits per heavy atom. The molecule has 12 aromatic carbocycles. The van der Waals surface area contributed by atoms with Crippen molar-refractivity contribution in [2.75, 3.05) is 110 Å². The first-order valence-corrected chi connectivity index (χ1v) is 41.3. The predicted octanol–water partition coefficient (Wildman–Crippen LogP) is 5.37. The minimum atomic E-state index is -0.439. The van der Waals surface area contributed by atoms with Gasteiger partial charge >= 0.3 is 68.3 Å². The van der Waals surface area contributed by atoms with Crippen molar-refractivity contribution in [2.45, 2.75) is 36.3 Å². The van der Waals surface area contributed by atoms with Gasteiger partial charge in [0.1, 0.15) is 0 Å². The van der Waals surface area contributed by atoms with Gasteiger partial charge in [-0.3, -0.25) is 53.9 Å². The molecule has 0 aliphatic rings. The number of carbonyl (C=O) groups is 5. The SMILES string of the molecule is CN(C)C=O.CN(C)C=O.CN(C)C=O.CN(C)C=O.CN(C)C=O.O.[Fe+3].[Fe+3].[Fe+3].[Fe+3].[O-]C[C@H](N=Cc1ccccc1[O-])c1ccccc1.[O-]C[C@H](N=Cc1ccccc1[O-])c1ccccc1.[O-]C[C@H](N=Cc1ccccc1[O-])c1ccccc1.[O-]C[C@H](N=Cc1ccccc1[O-])c1ccccc1.[O-]C[C@H](N=Cc1ccccc1[O-])c1ccccc1.[O-]C[C@H](N=Cc1ccccc1[O-])c1ccccc1. The second kappa shape index (κ2) is 81.9. The first-order chi connectivity index (χ1) is 64.2. The molecule has 0 saturated carbocycles. The Morgan fingerprint density at radius 3 is 0.377 bits per heavy atom. The van der Waals surface area contributed by atoms with Gasteiger partial charge in [0.2, 0.25) is 32.1 Å². The van der Waals surface area contributed by atoms with Crippen LogP contribution < -0.4 is 61.3 Å². The summed E-state index contributed by atoms with van der Waals surface area (Å²) in [6, 6.07) is 93.3. The van der Waals surface area contributed by atoms with Crippen LogP contribution in [-0.4, -0.2) is 209 Å². The second-order valence-electron chi connectivity index (χ2n) is 28.8. The molecule has 12 rings (SSSR count). The van der Waals surface area contributed by atoms with E-state index < -0.39 is 36.3 Å². The van der Waals surface area contributed by atoms with Crippen LogP contribution in [0.4, 0.5) is 0 Å². The van der Waals surface area contributed by atoms with Crippen molar-refractivity contribution in [3.63, 3.8) is 0 Å². The van der Waals surface area contributed by atoms with Gasteiger partial charge in [0.05, 0.1) is 36.3 Å². The van der Waals surface area contributed by atoms with Crippen LogP contribution in [-0.2, 0) is 92.2 Å². The van der Waals surface area contributed by atoms with Crippen molar-refractivity contribution in [1.82, 2.24) is 24.5 Å². The smallest absolute Gasteiger partial charge is 0.872 e. The van der Waals surface area contributed by atoms with Crippen LogP contribution in [0.2, 0.25) is 0 Å². The molecule has 0 aliphatic heterocycles. The topological polar surface area (TPSA) is 484 Å². The summed E-state index contributed by atoms with van der Waals surface area (Å²) < 4.78 is 0. The average molecular weight is 2040 g/mol. The molecular formula is C105H115Fe4N11O18. The Morgan fingerprint density at radius 1 is 0.196 bits per heavy atom. The fraction of sp³-hybridized carbons (Fsp3) is 0.210. The number of carbonyl (C=O) groups excluding carboxylic acids is 5. The van der Waals surface area contributed by atoms with Crippen LogP contribution in [0.3, 0.4) is 0 Å². The third-order valence-corrected chi connectivity index (χ3v) is 17.0. The molecular weight excluding hydrogens is 1930 g/mol. The molecule has 0 fully saturated rings. The molecule has 0 saturated heterocycles. The largest absolute Gasteiger partial charge is 3.00 e. The number of hydrogen-bond donors (Lipinski definition) is 0. The zero-order chi connectivity index (χ0) is 98.2. The van der Waals surface area contributed by atoms with Crippen LogP contribution >= 0.6 is 0 Å². The summed E-state index contributed by atoms with van der Waals surface area (Å²) in [6.45, 7) is -1.99. The van der Waals surface area contributed by atoms with Gasteiger partial charge in [-0.2, -0.15) is 0 Å². The predicted molar refractivity (Wildman–Crippen MR) is 508 cm³/mol. The third-order valence-electron chi connectivity index (χ3n) is 17.0. The van der Waals surface area contributed by atoms with Crippen LogP contribution in [0, 0.1) is 0 Å². The molecule has 6 atom stereocenters. The van der Waals surface area contributed by atoms with Crippen LogP contribution in [0.25, 0.3) is 0 Å². The van der Waals surface area contributed by atoms with E-state index in [1.807, 2.05) is 182 Å². The van der Waals surface area contributed by atoms with E-state index in [0.717, 1.165) is 65.4 Å². The Labute approximate surface area is 852 Å². The summed E-state index contributed by atoms with van der Waals surface area (Å²) in [7, 11) is 16.9. The van der Waals surface area contributed by atoms with E-state index in [-0.39, 0.29) is 148 Å². The monoisotopic (exact) mass is 2040 g/mol. The summed E-state index contributed by atoms with van der Waals surface area (Å²) in [5.74, 6) is -0.506. The normalized spacial score (nSPS) is 11.2. The van der Waals surface area contributed by atoms with E-state index in [1.165, 1.54) is 98.2 Å². The zero-order valence-electron chi connectivity index (χ0n) is 78.0. The van der Waals surface area contributed by atoms with Gasteiger partial charge in [-0.15, -0.1) is 74.1 Å². The molecule has 138 heavy (non-hydrogen) atoms. The minimum Gasteiger partial charge on any atom is -0.872 e. The Kier molecular flexibility index (Phi) is 77.7. The molecule has 5 amide bonds. The van der Waals surface area contributed by atoms with E-state index in [9.17, 15) is 85.3 Å². The molecule has 29 nitrogen and oxygen atoms in total. The quantitative estimate of drug-likeness (QED) is 0.0323. The van der Waals surface area contributed by atoms with E-state index in [0.29, 0.717) is 33.4 Å². The maximum absolute atomic E-state index is 11.5. The minimum absolute atomic E-state index is 0. The summed E-state index contributed by atoms with van der Waals surface area (Å²) in [6.07, 6.45) is 12.7. The Bertz CT molecular complexity index is 4470. The van der Waals surface area contributed by atoms with Crippen molar-refractivity contribution < 1.29 is 159 Å². The molecule has 0 unspecified atom stereocenters. The molecule has 730 valence electrons. The fourth-order valence-corrected chi connectivity index (χ4v) is 9.95. The van der Waals surface area contributed by atoms with Gasteiger partial charge in [-0.1, -0.05) is 328 Å². The molecule has 0 bridgehead atoms. The first kappa shape index (κ1) is 131. The molecule has 0 spiro atoms. The molecule has 12 aromatic rings. The maximum Gasteiger partial charge on any atom is 3.00 e. The van der Waals surface area contributed by atoms with Crippen LogP contribution in [0.1, 0.15) is 103 Å². The number of aliphatic imine (C=N–C) groups is 6. The van der Waals surface area contributed by atoms with Gasteiger partial charge in [0, 0.05) is 108 Å². The van der Waals surface area contributed by atoms with Crippen LogP contribution in [0.15, 0.2) is 358 Å². The van der Waals surface area contributed by atoms with Crippen molar-refractivity contribution in [3.05, 3.63) is 394 Å². The third kappa shape index (κ3) is 58.1. The second-order valence-corrected chi connectivity index (χ2v) is 28.8. The molecule has 0 heterocycles. The van der Waals surface area contributed by atoms with Gasteiger partial charge in [-0.05, 0) is 66.8 Å². The number of rotatable bonds is 29. The first-order valence-electron chi connectivity index (χ1n) is 41.3. The molecule has 2 N–H and O–H groups in total. The van der Waals surface area contributed by atoms with E-state index >= 15 is 0 Å². The Hall–Kier alpha value is -13.4. The number of benzene rings is 12. The number of amides is 5. The van der Waals surface area contributed by atoms with Gasteiger partial charge in [0.15, 0.2) is 0 Å². The maximum atomic E-state index is 11.5. The van der Waals surface area contributed by atoms with Crippen LogP contribution in [0.5, 0.6) is 34.5 Å². The standard InChI is InChI=1S/6C15H14NO2.5C3H7NO.4Fe.H2O/c6*17-11-14(12-6-2-1-3-7-12)16-10-13-8-4-5-9-15(13)18;5*1-4(2)3-5;;;;;/h6*1-10,14,18H,11H2;5*3H,1-2H3;;;;;1H2/q6*-1;;;;;;4*+3;/p-6/t6*14-;;;;;;;;;;/m000000........../s1. The molecule has 0 aliphatic carbocycles. The van der Waals surface area contributed by atoms with Gasteiger partial charge < -0.3 is 91.3 Å². The summed E-state index contributed by atoms with van der Waals surface area (Å²) in [5.41, 5.74) is 8.24. The summed E-state index contributed by atoms with van der Waals surface area (Å²) >= 11 is 0. The average Bonchev–Trinajstić information content (AvgIpc) is 0.895. The van der Waals surface area contributed by atoms with Crippen molar-refractivity contribution >= 4 is 69.3 Å². The van der Waals surface area contributed by atoms with Crippen molar-refractivity contribution in [2.24, 2.45) is 30.0 Å². The van der Waals surface area contributed by atoms with E-state index in [1.54, 1.807) is 180 Å². The fourth-order valence-electron chi connectivity index (χ4n) is 9.95. The summed E-state index contributed by atoms with van der Waals surface area (Å²) in [4.78, 5) is 79.6. The molecule has 0 aromatic heterocycles. The van der Waals surface area contributed by atoms with Crippen molar-refractivity contribution in [1.29, 1.82) is 0 Å². The van der Waals surface area contributed by atoms with E-state index in [4.69, 9.17) is 0 Å².